The van der Waals surface area contributed by atoms with Crippen LogP contribution in [0.4, 0.5) is 4.79 Å². The van der Waals surface area contributed by atoms with Crippen molar-refractivity contribution >= 4 is 45.6 Å². The van der Waals surface area contributed by atoms with Crippen molar-refractivity contribution in [2.45, 2.75) is 4.90 Å². The lowest BCUT2D eigenvalue weighted by molar-refractivity contribution is -0.123. The number of carbonyl (C=O) groups is 3. The fourth-order valence-electron chi connectivity index (χ4n) is 2.17. The second-order valence-corrected chi connectivity index (χ2v) is 7.34. The minimum atomic E-state index is -4.03. The summed E-state index contributed by atoms with van der Waals surface area (Å²) in [5, 5.41) is 4.30. The number of nitrogens with one attached hydrogen (secondary N) is 2. The molecule has 1 aliphatic rings. The Balaban J connectivity index is 1.78. The Morgan fingerprint density at radius 2 is 1.41 bits per heavy atom. The molecule has 2 N–H and O–H groups in total. The topological polar surface area (TPSA) is 119 Å². The number of rotatable bonds is 4. The van der Waals surface area contributed by atoms with E-state index in [0.717, 1.165) is 0 Å². The minimum Gasteiger partial charge on any atom is -0.379 e. The molecule has 0 radical (unpaired) electrons. The fourth-order valence-corrected chi connectivity index (χ4v) is 3.22. The minimum absolute atomic E-state index is 0.0415. The number of benzene rings is 2. The van der Waals surface area contributed by atoms with Crippen LogP contribution >= 0.6 is 11.6 Å². The zero-order valence-electron chi connectivity index (χ0n) is 13.4. The molecule has 3 rings (SSSR count). The van der Waals surface area contributed by atoms with Crippen LogP contribution in [-0.4, -0.2) is 26.3 Å². The molecule has 0 aliphatic carbocycles. The van der Waals surface area contributed by atoms with Crippen molar-refractivity contribution in [1.29, 1.82) is 0 Å². The molecule has 27 heavy (non-hydrogen) atoms. The number of halogens is 1. The van der Waals surface area contributed by atoms with E-state index in [-0.39, 0.29) is 16.2 Å². The van der Waals surface area contributed by atoms with Gasteiger partial charge in [-0.15, -0.1) is 0 Å². The van der Waals surface area contributed by atoms with Gasteiger partial charge in [0.1, 0.15) is 16.2 Å². The summed E-state index contributed by atoms with van der Waals surface area (Å²) >= 11 is 5.73. The van der Waals surface area contributed by atoms with Crippen molar-refractivity contribution in [2.24, 2.45) is 0 Å². The van der Waals surface area contributed by atoms with E-state index in [4.69, 9.17) is 15.8 Å². The van der Waals surface area contributed by atoms with E-state index in [1.165, 1.54) is 54.6 Å². The van der Waals surface area contributed by atoms with E-state index in [0.29, 0.717) is 10.6 Å². The normalized spacial score (nSPS) is 14.4. The first-order valence-corrected chi connectivity index (χ1v) is 9.22. The average Bonchev–Trinajstić information content (AvgIpc) is 2.59. The lowest BCUT2D eigenvalue weighted by Gasteiger charge is -2.13. The van der Waals surface area contributed by atoms with E-state index in [1.807, 2.05) is 10.6 Å². The third-order valence-electron chi connectivity index (χ3n) is 3.44. The summed E-state index contributed by atoms with van der Waals surface area (Å²) in [4.78, 5) is 34.3. The molecule has 0 spiro atoms. The van der Waals surface area contributed by atoms with E-state index in [1.54, 1.807) is 0 Å². The summed E-state index contributed by atoms with van der Waals surface area (Å²) in [5.41, 5.74) is 0.179. The highest BCUT2D eigenvalue weighted by molar-refractivity contribution is 7.87. The molecule has 138 valence electrons. The van der Waals surface area contributed by atoms with E-state index < -0.39 is 28.0 Å². The number of amides is 4. The lowest BCUT2D eigenvalue weighted by Crippen LogP contribution is -2.51. The molecule has 4 amide bonds. The highest BCUT2D eigenvalue weighted by Gasteiger charge is 2.27. The van der Waals surface area contributed by atoms with Crippen molar-refractivity contribution in [1.82, 2.24) is 10.6 Å². The molecule has 1 heterocycles. The van der Waals surface area contributed by atoms with Gasteiger partial charge in [-0.05, 0) is 48.0 Å². The maximum absolute atomic E-state index is 12.2. The zero-order chi connectivity index (χ0) is 19.6. The summed E-state index contributed by atoms with van der Waals surface area (Å²) in [5.74, 6) is -1.61. The van der Waals surface area contributed by atoms with Gasteiger partial charge >= 0.3 is 16.1 Å². The summed E-state index contributed by atoms with van der Waals surface area (Å²) in [6.45, 7) is 0. The van der Waals surface area contributed by atoms with Gasteiger partial charge in [-0.3, -0.25) is 20.2 Å². The molecule has 0 aromatic heterocycles. The predicted octanol–water partition coefficient (Wildman–Crippen LogP) is 1.86. The molecule has 1 saturated heterocycles. The number of urea groups is 1. The van der Waals surface area contributed by atoms with E-state index in [2.05, 4.69) is 0 Å². The van der Waals surface area contributed by atoms with Crippen LogP contribution in [0.2, 0.25) is 5.02 Å². The van der Waals surface area contributed by atoms with Gasteiger partial charge in [0.05, 0.1) is 0 Å². The van der Waals surface area contributed by atoms with Gasteiger partial charge in [-0.25, -0.2) is 4.79 Å². The van der Waals surface area contributed by atoms with Gasteiger partial charge < -0.3 is 4.18 Å². The smallest absolute Gasteiger partial charge is 0.339 e. The largest absolute Gasteiger partial charge is 0.379 e. The molecule has 0 bridgehead atoms. The number of hydrogen-bond donors (Lipinski definition) is 2. The van der Waals surface area contributed by atoms with Gasteiger partial charge in [0.15, 0.2) is 0 Å². The Morgan fingerprint density at radius 1 is 0.852 bits per heavy atom. The molecule has 10 heteroatoms. The van der Waals surface area contributed by atoms with E-state index >= 15 is 0 Å². The summed E-state index contributed by atoms with van der Waals surface area (Å²) < 4.78 is 29.5. The van der Waals surface area contributed by atoms with Crippen molar-refractivity contribution in [3.63, 3.8) is 0 Å². The number of hydrogen-bond acceptors (Lipinski definition) is 6. The predicted molar refractivity (Wildman–Crippen MR) is 95.4 cm³/mol. The number of carbonyl (C=O) groups excluding carboxylic acids is 3. The Kier molecular flexibility index (Phi) is 4.98. The van der Waals surface area contributed by atoms with Crippen LogP contribution < -0.4 is 14.8 Å². The van der Waals surface area contributed by atoms with Crippen molar-refractivity contribution in [3.8, 4) is 5.75 Å². The van der Waals surface area contributed by atoms with E-state index in [9.17, 15) is 22.8 Å². The fraction of sp³-hybridized carbons (Fsp3) is 0. The molecular weight excluding hydrogens is 396 g/mol. The van der Waals surface area contributed by atoms with Crippen LogP contribution in [0, 0.1) is 0 Å². The molecule has 2 aromatic rings. The molecular formula is C17H11ClN2O6S. The highest BCUT2D eigenvalue weighted by atomic mass is 35.5. The number of imide groups is 2. The Morgan fingerprint density at radius 3 is 1.96 bits per heavy atom. The molecule has 0 atom stereocenters. The summed E-state index contributed by atoms with van der Waals surface area (Å²) in [6.07, 6.45) is 1.26. The summed E-state index contributed by atoms with van der Waals surface area (Å²) in [6, 6.07) is 10.2. The van der Waals surface area contributed by atoms with Gasteiger partial charge in [-0.1, -0.05) is 23.7 Å². The third kappa shape index (κ3) is 4.33. The molecule has 2 aromatic carbocycles. The van der Waals surface area contributed by atoms with Gasteiger partial charge in [0.25, 0.3) is 11.8 Å². The highest BCUT2D eigenvalue weighted by Crippen LogP contribution is 2.21. The first-order chi connectivity index (χ1) is 12.7. The second kappa shape index (κ2) is 7.22. The van der Waals surface area contributed by atoms with Crippen LogP contribution in [0.25, 0.3) is 6.08 Å². The first-order valence-electron chi connectivity index (χ1n) is 7.43. The molecule has 1 fully saturated rings. The van der Waals surface area contributed by atoms with Crippen molar-refractivity contribution in [2.75, 3.05) is 0 Å². The number of barbiturate groups is 1. The molecule has 0 saturated carbocycles. The maximum Gasteiger partial charge on any atom is 0.339 e. The van der Waals surface area contributed by atoms with Crippen LogP contribution in [0.15, 0.2) is 59.0 Å². The third-order valence-corrected chi connectivity index (χ3v) is 4.96. The Hall–Kier alpha value is -3.17. The van der Waals surface area contributed by atoms with Crippen molar-refractivity contribution in [3.05, 3.63) is 64.7 Å². The SMILES string of the molecule is O=C1NC(=O)C(=Cc2ccc(OS(=O)(=O)c3ccc(Cl)cc3)cc2)C(=O)N1. The summed E-state index contributed by atoms with van der Waals surface area (Å²) in [7, 11) is -4.03. The monoisotopic (exact) mass is 406 g/mol. The second-order valence-electron chi connectivity index (χ2n) is 5.36. The van der Waals surface area contributed by atoms with Crippen LogP contribution in [-0.2, 0) is 19.7 Å². The molecule has 8 nitrogen and oxygen atoms in total. The maximum atomic E-state index is 12.2. The Labute approximate surface area is 158 Å². The first kappa shape index (κ1) is 18.6. The quantitative estimate of drug-likeness (QED) is 0.454. The average molecular weight is 407 g/mol. The van der Waals surface area contributed by atoms with Crippen molar-refractivity contribution < 1.29 is 27.0 Å². The van der Waals surface area contributed by atoms with Crippen LogP contribution in [0.1, 0.15) is 5.56 Å². The Bertz CT molecular complexity index is 1040. The van der Waals surface area contributed by atoms with Gasteiger partial charge in [0.2, 0.25) is 0 Å². The van der Waals surface area contributed by atoms with Crippen LogP contribution in [0.5, 0.6) is 5.75 Å². The standard InChI is InChI=1S/C17H11ClN2O6S/c18-11-3-7-13(8-4-11)27(24,25)26-12-5-1-10(2-6-12)9-14-15(21)19-17(23)20-16(14)22/h1-9H,(H2,19,20,21,22,23). The molecule has 0 unspecified atom stereocenters. The lowest BCUT2D eigenvalue weighted by atomic mass is 10.1. The van der Waals surface area contributed by atoms with Gasteiger partial charge in [-0.2, -0.15) is 8.42 Å². The molecule has 1 aliphatic heterocycles. The zero-order valence-corrected chi connectivity index (χ0v) is 15.0. The van der Waals surface area contributed by atoms with Crippen LogP contribution in [0.3, 0.4) is 0 Å². The van der Waals surface area contributed by atoms with Gasteiger partial charge in [0, 0.05) is 5.02 Å².